The number of H-pyrrole nitrogens is 2. The average Bonchev–Trinajstić information content (AvgIpc) is 2.75. The number of nitrogens with zero attached hydrogens (tertiary/aromatic N) is 2. The molecule has 5 nitrogen and oxygen atoms in total. The molecule has 1 atom stereocenters. The van der Waals surface area contributed by atoms with Crippen molar-refractivity contribution in [1.29, 1.82) is 0 Å². The molecule has 0 saturated heterocycles. The molecule has 2 aromatic rings. The first-order chi connectivity index (χ1) is 8.54. The number of nitrogens with one attached hydrogen (secondary N) is 2. The molecule has 0 amide bonds. The van der Waals surface area contributed by atoms with Crippen LogP contribution in [0.4, 0.5) is 0 Å². The lowest BCUT2D eigenvalue weighted by molar-refractivity contribution is 0.503. The number of hydrogen-bond donors (Lipinski definition) is 2. The highest BCUT2D eigenvalue weighted by Crippen LogP contribution is 2.15. The SMILES string of the molecule is CCC(C)n1c(C)ccc(-c2nc(=S)[nH][nH]2)c1=O. The molecule has 2 N–H and O–H groups in total. The Morgan fingerprint density at radius 1 is 1.44 bits per heavy atom. The van der Waals surface area contributed by atoms with Crippen LogP contribution >= 0.6 is 12.2 Å². The normalized spacial score (nSPS) is 12.6. The molecule has 18 heavy (non-hydrogen) atoms. The average molecular weight is 264 g/mol. The fourth-order valence-electron chi connectivity index (χ4n) is 1.95. The Labute approximate surface area is 110 Å². The van der Waals surface area contributed by atoms with Gasteiger partial charge in [0.05, 0.1) is 5.56 Å². The predicted octanol–water partition coefficient (Wildman–Crippen LogP) is 2.58. The second-order valence-corrected chi connectivity index (χ2v) is 4.72. The predicted molar refractivity (Wildman–Crippen MR) is 73.2 cm³/mol. The van der Waals surface area contributed by atoms with Crippen LogP contribution in [0.25, 0.3) is 11.4 Å². The summed E-state index contributed by atoms with van der Waals surface area (Å²) in [5, 5.41) is 5.51. The van der Waals surface area contributed by atoms with E-state index in [1.54, 1.807) is 10.6 Å². The highest BCUT2D eigenvalue weighted by atomic mass is 32.1. The van der Waals surface area contributed by atoms with Gasteiger partial charge in [0.25, 0.3) is 5.56 Å². The van der Waals surface area contributed by atoms with Crippen molar-refractivity contribution in [1.82, 2.24) is 19.7 Å². The molecule has 2 heterocycles. The Kier molecular flexibility index (Phi) is 3.47. The van der Waals surface area contributed by atoms with E-state index in [9.17, 15) is 4.79 Å². The summed E-state index contributed by atoms with van der Waals surface area (Å²) in [7, 11) is 0. The van der Waals surface area contributed by atoms with Crippen molar-refractivity contribution in [3.05, 3.63) is 33.0 Å². The van der Waals surface area contributed by atoms with Gasteiger partial charge in [0, 0.05) is 11.7 Å². The number of pyridine rings is 1. The summed E-state index contributed by atoms with van der Waals surface area (Å²) in [6, 6.07) is 3.87. The minimum Gasteiger partial charge on any atom is -0.310 e. The molecule has 2 rings (SSSR count). The number of aryl methyl sites for hydroxylation is 1. The first kappa shape index (κ1) is 12.8. The van der Waals surface area contributed by atoms with Gasteiger partial charge in [-0.3, -0.25) is 15.0 Å². The molecular formula is C12H16N4OS. The summed E-state index contributed by atoms with van der Waals surface area (Å²) in [6.07, 6.45) is 0.904. The van der Waals surface area contributed by atoms with Crippen molar-refractivity contribution in [3.8, 4) is 11.4 Å². The molecule has 0 aliphatic heterocycles. The third kappa shape index (κ3) is 2.15. The lowest BCUT2D eigenvalue weighted by atomic mass is 10.2. The molecule has 0 fully saturated rings. The molecule has 96 valence electrons. The molecule has 0 spiro atoms. The van der Waals surface area contributed by atoms with Gasteiger partial charge >= 0.3 is 0 Å². The fourth-order valence-corrected chi connectivity index (χ4v) is 2.10. The zero-order valence-corrected chi connectivity index (χ0v) is 11.5. The summed E-state index contributed by atoms with van der Waals surface area (Å²) in [6.45, 7) is 6.03. The summed E-state index contributed by atoms with van der Waals surface area (Å²) in [5.74, 6) is 0.488. The zero-order valence-electron chi connectivity index (χ0n) is 10.7. The number of aromatic amines is 2. The van der Waals surface area contributed by atoms with Gasteiger partial charge in [0.1, 0.15) is 0 Å². The number of aromatic nitrogens is 4. The van der Waals surface area contributed by atoms with Crippen molar-refractivity contribution in [2.45, 2.75) is 33.2 Å². The monoisotopic (exact) mass is 264 g/mol. The quantitative estimate of drug-likeness (QED) is 0.837. The molecule has 0 aliphatic carbocycles. The fraction of sp³-hybridized carbons (Fsp3) is 0.417. The van der Waals surface area contributed by atoms with Gasteiger partial charge in [-0.05, 0) is 44.6 Å². The van der Waals surface area contributed by atoms with Crippen LogP contribution in [-0.4, -0.2) is 19.7 Å². The van der Waals surface area contributed by atoms with Crippen molar-refractivity contribution in [3.63, 3.8) is 0 Å². The second kappa shape index (κ2) is 4.89. The van der Waals surface area contributed by atoms with Crippen LogP contribution < -0.4 is 5.56 Å². The van der Waals surface area contributed by atoms with Gasteiger partial charge in [-0.25, -0.2) is 0 Å². The minimum absolute atomic E-state index is 0.0397. The van der Waals surface area contributed by atoms with Crippen LogP contribution in [0.15, 0.2) is 16.9 Å². The molecule has 0 bridgehead atoms. The highest BCUT2D eigenvalue weighted by Gasteiger charge is 2.13. The Morgan fingerprint density at radius 2 is 2.17 bits per heavy atom. The van der Waals surface area contributed by atoms with E-state index in [-0.39, 0.29) is 11.6 Å². The Balaban J connectivity index is 2.65. The van der Waals surface area contributed by atoms with Crippen molar-refractivity contribution >= 4 is 12.2 Å². The Hall–Kier alpha value is -1.69. The van der Waals surface area contributed by atoms with Gasteiger partial charge in [-0.15, -0.1) is 0 Å². The maximum Gasteiger partial charge on any atom is 0.262 e. The molecule has 0 aliphatic rings. The topological polar surface area (TPSA) is 66.5 Å². The molecule has 6 heteroatoms. The van der Waals surface area contributed by atoms with Gasteiger partial charge in [-0.1, -0.05) is 6.92 Å². The van der Waals surface area contributed by atoms with E-state index in [0.717, 1.165) is 12.1 Å². The maximum absolute atomic E-state index is 12.5. The standard InChI is InChI=1S/C12H16N4OS/c1-4-7(2)16-8(3)5-6-9(11(16)17)10-13-12(18)15-14-10/h5-7H,4H2,1-3H3,(H2,13,14,15,18). The van der Waals surface area contributed by atoms with Crippen LogP contribution in [0.3, 0.4) is 0 Å². The van der Waals surface area contributed by atoms with Gasteiger partial charge in [-0.2, -0.15) is 4.98 Å². The first-order valence-electron chi connectivity index (χ1n) is 5.91. The molecule has 1 unspecified atom stereocenters. The van der Waals surface area contributed by atoms with Gasteiger partial charge in [0.15, 0.2) is 5.82 Å². The van der Waals surface area contributed by atoms with Crippen LogP contribution in [-0.2, 0) is 0 Å². The van der Waals surface area contributed by atoms with Gasteiger partial charge in [0.2, 0.25) is 4.77 Å². The van der Waals surface area contributed by atoms with E-state index < -0.39 is 0 Å². The van der Waals surface area contributed by atoms with E-state index >= 15 is 0 Å². The first-order valence-corrected chi connectivity index (χ1v) is 6.32. The largest absolute Gasteiger partial charge is 0.310 e. The summed E-state index contributed by atoms with van der Waals surface area (Å²) >= 11 is 4.90. The summed E-state index contributed by atoms with van der Waals surface area (Å²) in [4.78, 5) is 16.5. The van der Waals surface area contributed by atoms with E-state index in [1.165, 1.54) is 0 Å². The Bertz CT molecular complexity index is 667. The Morgan fingerprint density at radius 3 is 2.72 bits per heavy atom. The van der Waals surface area contributed by atoms with Crippen LogP contribution in [0, 0.1) is 11.7 Å². The minimum atomic E-state index is -0.0397. The number of hydrogen-bond acceptors (Lipinski definition) is 3. The van der Waals surface area contributed by atoms with Gasteiger partial charge < -0.3 is 4.57 Å². The number of rotatable bonds is 3. The van der Waals surface area contributed by atoms with Crippen LogP contribution in [0.5, 0.6) is 0 Å². The third-order valence-corrected chi connectivity index (χ3v) is 3.30. The zero-order chi connectivity index (χ0) is 13.3. The molecule has 0 saturated carbocycles. The van der Waals surface area contributed by atoms with Crippen molar-refractivity contribution in [2.75, 3.05) is 0 Å². The van der Waals surface area contributed by atoms with E-state index in [4.69, 9.17) is 12.2 Å². The molecule has 2 aromatic heterocycles. The van der Waals surface area contributed by atoms with E-state index in [2.05, 4.69) is 22.1 Å². The maximum atomic E-state index is 12.5. The third-order valence-electron chi connectivity index (χ3n) is 3.11. The lowest BCUT2D eigenvalue weighted by Gasteiger charge is -2.17. The molecular weight excluding hydrogens is 248 g/mol. The van der Waals surface area contributed by atoms with Crippen LogP contribution in [0.1, 0.15) is 32.0 Å². The highest BCUT2D eigenvalue weighted by molar-refractivity contribution is 7.71. The van der Waals surface area contributed by atoms with E-state index in [0.29, 0.717) is 16.2 Å². The lowest BCUT2D eigenvalue weighted by Crippen LogP contribution is -2.26. The van der Waals surface area contributed by atoms with Crippen molar-refractivity contribution < 1.29 is 0 Å². The second-order valence-electron chi connectivity index (χ2n) is 4.34. The smallest absolute Gasteiger partial charge is 0.262 e. The summed E-state index contributed by atoms with van der Waals surface area (Å²) < 4.78 is 2.14. The van der Waals surface area contributed by atoms with E-state index in [1.807, 2.05) is 19.9 Å². The van der Waals surface area contributed by atoms with Crippen molar-refractivity contribution in [2.24, 2.45) is 0 Å². The summed E-state index contributed by atoms with van der Waals surface area (Å²) in [5.41, 5.74) is 1.45. The van der Waals surface area contributed by atoms with Crippen LogP contribution in [0.2, 0.25) is 0 Å². The molecule has 0 aromatic carbocycles. The molecule has 0 radical (unpaired) electrons.